The van der Waals surface area contributed by atoms with E-state index in [-0.39, 0.29) is 19.3 Å². The van der Waals surface area contributed by atoms with Gasteiger partial charge in [0, 0.05) is 18.0 Å². The lowest BCUT2D eigenvalue weighted by atomic mass is 9.76. The van der Waals surface area contributed by atoms with E-state index in [2.05, 4.69) is 43.1 Å². The standard InChI is InChI=1S/C18H25NO2.CH4/c1-4-12-5-7-13(8-6-12)15-11-14-9-10-16(19(14)2)17(15)18(20)21-3;/h5-8,14-17H,4,9-11H2,1-3H3;1H4. The van der Waals surface area contributed by atoms with Gasteiger partial charge in [-0.25, -0.2) is 0 Å². The van der Waals surface area contributed by atoms with E-state index in [0.717, 1.165) is 19.3 Å². The molecular formula is C19H29NO2. The van der Waals surface area contributed by atoms with Gasteiger partial charge in [-0.2, -0.15) is 0 Å². The third-order valence-corrected chi connectivity index (χ3v) is 5.56. The Kier molecular flexibility index (Phi) is 5.28. The van der Waals surface area contributed by atoms with Gasteiger partial charge in [0.1, 0.15) is 0 Å². The van der Waals surface area contributed by atoms with Crippen LogP contribution in [0.5, 0.6) is 0 Å². The van der Waals surface area contributed by atoms with Crippen molar-refractivity contribution in [2.45, 2.75) is 58.0 Å². The van der Waals surface area contributed by atoms with Gasteiger partial charge < -0.3 is 4.74 Å². The summed E-state index contributed by atoms with van der Waals surface area (Å²) in [6, 6.07) is 9.78. The lowest BCUT2D eigenvalue weighted by Gasteiger charge is -2.41. The molecule has 0 N–H and O–H groups in total. The highest BCUT2D eigenvalue weighted by Gasteiger charge is 2.49. The zero-order valence-electron chi connectivity index (χ0n) is 13.2. The van der Waals surface area contributed by atoms with Crippen LogP contribution in [-0.4, -0.2) is 37.1 Å². The van der Waals surface area contributed by atoms with Crippen molar-refractivity contribution in [1.29, 1.82) is 0 Å². The van der Waals surface area contributed by atoms with Gasteiger partial charge in [0.05, 0.1) is 13.0 Å². The molecule has 3 rings (SSSR count). The van der Waals surface area contributed by atoms with Crippen LogP contribution in [0.3, 0.4) is 0 Å². The van der Waals surface area contributed by atoms with Gasteiger partial charge in [-0.15, -0.1) is 0 Å². The molecule has 1 aromatic rings. The van der Waals surface area contributed by atoms with Crippen LogP contribution in [0.4, 0.5) is 0 Å². The summed E-state index contributed by atoms with van der Waals surface area (Å²) >= 11 is 0. The summed E-state index contributed by atoms with van der Waals surface area (Å²) in [4.78, 5) is 14.8. The fraction of sp³-hybridized carbons (Fsp3) is 0.632. The maximum absolute atomic E-state index is 12.4. The minimum absolute atomic E-state index is 0. The molecule has 122 valence electrons. The van der Waals surface area contributed by atoms with Gasteiger partial charge in [0.2, 0.25) is 0 Å². The minimum atomic E-state index is -0.0447. The second-order valence-electron chi connectivity index (χ2n) is 6.45. The number of benzene rings is 1. The average Bonchev–Trinajstić information content (AvgIpc) is 2.76. The molecule has 2 bridgehead atoms. The number of carbonyl (C=O) groups excluding carboxylic acids is 1. The van der Waals surface area contributed by atoms with Crippen molar-refractivity contribution in [3.05, 3.63) is 35.4 Å². The fourth-order valence-electron chi connectivity index (χ4n) is 4.27. The molecule has 0 aromatic heterocycles. The normalized spacial score (nSPS) is 30.7. The van der Waals surface area contributed by atoms with Crippen LogP contribution in [0.1, 0.15) is 50.7 Å². The number of fused-ring (bicyclic) bond motifs is 2. The van der Waals surface area contributed by atoms with Gasteiger partial charge in [-0.05, 0) is 43.9 Å². The summed E-state index contributed by atoms with van der Waals surface area (Å²) < 4.78 is 5.12. The van der Waals surface area contributed by atoms with Crippen molar-refractivity contribution < 1.29 is 9.53 Å². The number of piperidine rings is 1. The average molecular weight is 303 g/mol. The van der Waals surface area contributed by atoms with Gasteiger partial charge in [-0.1, -0.05) is 38.6 Å². The summed E-state index contributed by atoms with van der Waals surface area (Å²) in [5, 5.41) is 0. The first-order valence-electron chi connectivity index (χ1n) is 8.04. The number of hydrogen-bond donors (Lipinski definition) is 0. The molecule has 3 nitrogen and oxygen atoms in total. The lowest BCUT2D eigenvalue weighted by Crippen LogP contribution is -2.49. The van der Waals surface area contributed by atoms with Crippen LogP contribution in [0.2, 0.25) is 0 Å². The third-order valence-electron chi connectivity index (χ3n) is 5.56. The molecule has 4 atom stereocenters. The van der Waals surface area contributed by atoms with Crippen LogP contribution in [-0.2, 0) is 16.0 Å². The molecule has 3 heteroatoms. The second kappa shape index (κ2) is 6.82. The highest BCUT2D eigenvalue weighted by Crippen LogP contribution is 2.46. The molecule has 2 saturated heterocycles. The Bertz CT molecular complexity index is 511. The topological polar surface area (TPSA) is 29.5 Å². The van der Waals surface area contributed by atoms with Gasteiger partial charge in [0.25, 0.3) is 0 Å². The molecule has 0 radical (unpaired) electrons. The van der Waals surface area contributed by atoms with Gasteiger partial charge >= 0.3 is 5.97 Å². The molecule has 0 amide bonds. The number of ether oxygens (including phenoxy) is 1. The first-order valence-corrected chi connectivity index (χ1v) is 8.04. The first kappa shape index (κ1) is 17.0. The molecule has 0 aliphatic carbocycles. The quantitative estimate of drug-likeness (QED) is 0.799. The molecule has 0 spiro atoms. The molecule has 2 aliphatic rings. The molecule has 2 heterocycles. The lowest BCUT2D eigenvalue weighted by molar-refractivity contribution is -0.150. The number of nitrogens with zero attached hydrogens (tertiary/aromatic N) is 1. The van der Waals surface area contributed by atoms with Crippen molar-refractivity contribution in [3.63, 3.8) is 0 Å². The largest absolute Gasteiger partial charge is 0.469 e. The van der Waals surface area contributed by atoms with E-state index in [1.54, 1.807) is 0 Å². The predicted octanol–water partition coefficient (Wildman–Crippen LogP) is 3.62. The van der Waals surface area contributed by atoms with Crippen molar-refractivity contribution >= 4 is 5.97 Å². The zero-order chi connectivity index (χ0) is 15.0. The fourth-order valence-corrected chi connectivity index (χ4v) is 4.27. The van der Waals surface area contributed by atoms with E-state index in [0.29, 0.717) is 18.0 Å². The van der Waals surface area contributed by atoms with E-state index in [1.807, 2.05) is 0 Å². The Balaban J connectivity index is 0.00000176. The molecular weight excluding hydrogens is 274 g/mol. The molecule has 22 heavy (non-hydrogen) atoms. The number of hydrogen-bond acceptors (Lipinski definition) is 3. The van der Waals surface area contributed by atoms with E-state index in [1.165, 1.54) is 24.7 Å². The van der Waals surface area contributed by atoms with E-state index < -0.39 is 0 Å². The Morgan fingerprint density at radius 3 is 2.55 bits per heavy atom. The van der Waals surface area contributed by atoms with Crippen molar-refractivity contribution in [1.82, 2.24) is 4.90 Å². The number of esters is 1. The molecule has 1 aromatic carbocycles. The smallest absolute Gasteiger partial charge is 0.310 e. The summed E-state index contributed by atoms with van der Waals surface area (Å²) in [5.74, 6) is 0.236. The number of methoxy groups -OCH3 is 1. The maximum Gasteiger partial charge on any atom is 0.310 e. The van der Waals surface area contributed by atoms with E-state index >= 15 is 0 Å². The van der Waals surface area contributed by atoms with Crippen molar-refractivity contribution in [2.24, 2.45) is 5.92 Å². The first-order chi connectivity index (χ1) is 10.2. The summed E-state index contributed by atoms with van der Waals surface area (Å²) in [7, 11) is 3.68. The predicted molar refractivity (Wildman–Crippen MR) is 90.0 cm³/mol. The SMILES string of the molecule is C.CCc1ccc(C2CC3CCC(C2C(=O)OC)N3C)cc1. The molecule has 4 unspecified atom stereocenters. The minimum Gasteiger partial charge on any atom is -0.469 e. The number of aryl methyl sites for hydroxylation is 1. The Morgan fingerprint density at radius 1 is 1.27 bits per heavy atom. The van der Waals surface area contributed by atoms with Crippen molar-refractivity contribution in [3.8, 4) is 0 Å². The van der Waals surface area contributed by atoms with Crippen LogP contribution in [0.15, 0.2) is 24.3 Å². The monoisotopic (exact) mass is 303 g/mol. The van der Waals surface area contributed by atoms with Gasteiger partial charge in [0.15, 0.2) is 0 Å². The highest BCUT2D eigenvalue weighted by molar-refractivity contribution is 5.75. The van der Waals surface area contributed by atoms with Crippen LogP contribution in [0.25, 0.3) is 0 Å². The number of rotatable bonds is 3. The molecule has 2 aliphatic heterocycles. The summed E-state index contributed by atoms with van der Waals surface area (Å²) in [5.41, 5.74) is 2.65. The third kappa shape index (κ3) is 2.79. The number of carbonyl (C=O) groups is 1. The van der Waals surface area contributed by atoms with E-state index in [4.69, 9.17) is 4.74 Å². The van der Waals surface area contributed by atoms with Crippen LogP contribution in [0, 0.1) is 5.92 Å². The van der Waals surface area contributed by atoms with E-state index in [9.17, 15) is 4.79 Å². The van der Waals surface area contributed by atoms with Crippen LogP contribution < -0.4 is 0 Å². The Morgan fingerprint density at radius 2 is 1.95 bits per heavy atom. The Labute approximate surface area is 134 Å². The summed E-state index contributed by atoms with van der Waals surface area (Å²) in [6.07, 6.45) is 4.44. The maximum atomic E-state index is 12.4. The Hall–Kier alpha value is -1.35. The molecule has 0 saturated carbocycles. The van der Waals surface area contributed by atoms with Crippen LogP contribution >= 0.6 is 0 Å². The molecule has 2 fully saturated rings. The second-order valence-corrected chi connectivity index (χ2v) is 6.45. The van der Waals surface area contributed by atoms with Gasteiger partial charge in [-0.3, -0.25) is 9.69 Å². The van der Waals surface area contributed by atoms with Crippen molar-refractivity contribution in [2.75, 3.05) is 14.2 Å². The zero-order valence-corrected chi connectivity index (χ0v) is 13.2. The summed E-state index contributed by atoms with van der Waals surface area (Å²) in [6.45, 7) is 2.17. The highest BCUT2D eigenvalue weighted by atomic mass is 16.5.